The van der Waals surface area contributed by atoms with E-state index in [4.69, 9.17) is 16.7 Å². The third-order valence-corrected chi connectivity index (χ3v) is 4.95. The van der Waals surface area contributed by atoms with Gasteiger partial charge in [-0.3, -0.25) is 9.59 Å². The van der Waals surface area contributed by atoms with E-state index in [-0.39, 0.29) is 17.9 Å². The summed E-state index contributed by atoms with van der Waals surface area (Å²) in [4.78, 5) is 23.6. The van der Waals surface area contributed by atoms with Crippen molar-refractivity contribution >= 4 is 23.5 Å². The van der Waals surface area contributed by atoms with Crippen LogP contribution < -0.4 is 5.32 Å². The second-order valence-electron chi connectivity index (χ2n) is 6.40. The first kappa shape index (κ1) is 17.5. The molecule has 1 aromatic carbocycles. The van der Waals surface area contributed by atoms with Gasteiger partial charge in [0.15, 0.2) is 0 Å². The van der Waals surface area contributed by atoms with Crippen molar-refractivity contribution < 1.29 is 14.7 Å². The number of carboxylic acid groups (broad SMARTS) is 1. The number of rotatable bonds is 4. The number of benzene rings is 1. The van der Waals surface area contributed by atoms with Crippen LogP contribution in [0.15, 0.2) is 30.5 Å². The largest absolute Gasteiger partial charge is 0.481 e. The lowest BCUT2D eigenvalue weighted by Gasteiger charge is -2.26. The Hall–Kier alpha value is -2.34. The van der Waals surface area contributed by atoms with Crippen LogP contribution in [-0.2, 0) is 4.79 Å². The molecule has 0 atom stereocenters. The molecule has 1 aromatic heterocycles. The van der Waals surface area contributed by atoms with E-state index >= 15 is 0 Å². The number of carboxylic acids is 1. The number of carbonyl (C=O) groups excluding carboxylic acids is 1. The van der Waals surface area contributed by atoms with Crippen LogP contribution in [-0.4, -0.2) is 32.8 Å². The van der Waals surface area contributed by atoms with E-state index < -0.39 is 5.97 Å². The molecule has 1 heterocycles. The third kappa shape index (κ3) is 3.85. The van der Waals surface area contributed by atoms with Gasteiger partial charge in [-0.1, -0.05) is 17.7 Å². The fourth-order valence-corrected chi connectivity index (χ4v) is 3.43. The molecule has 1 amide bonds. The summed E-state index contributed by atoms with van der Waals surface area (Å²) in [6.07, 6.45) is 4.12. The topological polar surface area (TPSA) is 84.2 Å². The van der Waals surface area contributed by atoms with Crippen LogP contribution in [0.4, 0.5) is 0 Å². The van der Waals surface area contributed by atoms with Gasteiger partial charge in [0.25, 0.3) is 5.91 Å². The molecule has 0 spiro atoms. The summed E-state index contributed by atoms with van der Waals surface area (Å²) < 4.78 is 1.68. The Kier molecular flexibility index (Phi) is 5.08. The molecule has 1 aliphatic rings. The van der Waals surface area contributed by atoms with Crippen LogP contribution in [0.25, 0.3) is 5.69 Å². The monoisotopic (exact) mass is 361 g/mol. The minimum Gasteiger partial charge on any atom is -0.481 e. The standard InChI is InChI=1S/C18H20ClN3O3/c1-11-16(10-20-22(11)15-4-2-3-13(19)9-15)17(23)21-14-7-5-12(6-8-14)18(24)25/h2-4,9-10,12,14H,5-8H2,1H3,(H,21,23)(H,24,25). The Morgan fingerprint density at radius 1 is 1.28 bits per heavy atom. The molecule has 7 heteroatoms. The van der Waals surface area contributed by atoms with E-state index in [9.17, 15) is 9.59 Å². The molecule has 1 fully saturated rings. The van der Waals surface area contributed by atoms with Crippen molar-refractivity contribution in [2.24, 2.45) is 5.92 Å². The molecule has 1 aliphatic carbocycles. The van der Waals surface area contributed by atoms with Crippen LogP contribution in [0, 0.1) is 12.8 Å². The maximum atomic E-state index is 12.6. The molecule has 25 heavy (non-hydrogen) atoms. The summed E-state index contributed by atoms with van der Waals surface area (Å²) in [5, 5.41) is 16.9. The Morgan fingerprint density at radius 2 is 2.00 bits per heavy atom. The van der Waals surface area contributed by atoms with Crippen molar-refractivity contribution in [2.45, 2.75) is 38.6 Å². The fourth-order valence-electron chi connectivity index (χ4n) is 3.25. The number of aliphatic carboxylic acids is 1. The Bertz CT molecular complexity index is 795. The summed E-state index contributed by atoms with van der Waals surface area (Å²) in [7, 11) is 0. The summed E-state index contributed by atoms with van der Waals surface area (Å²) >= 11 is 6.02. The van der Waals surface area contributed by atoms with E-state index in [1.54, 1.807) is 23.0 Å². The Labute approximate surface area is 150 Å². The Balaban J connectivity index is 1.69. The highest BCUT2D eigenvalue weighted by Gasteiger charge is 2.27. The molecule has 2 N–H and O–H groups in total. The van der Waals surface area contributed by atoms with Crippen LogP contribution in [0.3, 0.4) is 0 Å². The second kappa shape index (κ2) is 7.27. The lowest BCUT2D eigenvalue weighted by atomic mass is 9.86. The zero-order valence-corrected chi connectivity index (χ0v) is 14.7. The molecule has 0 aliphatic heterocycles. The SMILES string of the molecule is Cc1c(C(=O)NC2CCC(C(=O)O)CC2)cnn1-c1cccc(Cl)c1. The van der Waals surface area contributed by atoms with Crippen molar-refractivity contribution in [3.8, 4) is 5.69 Å². The van der Waals surface area contributed by atoms with Gasteiger partial charge < -0.3 is 10.4 Å². The lowest BCUT2D eigenvalue weighted by Crippen LogP contribution is -2.38. The zero-order chi connectivity index (χ0) is 18.0. The second-order valence-corrected chi connectivity index (χ2v) is 6.83. The maximum Gasteiger partial charge on any atom is 0.306 e. The molecule has 0 radical (unpaired) electrons. The molecule has 1 saturated carbocycles. The summed E-state index contributed by atoms with van der Waals surface area (Å²) in [6.45, 7) is 1.84. The lowest BCUT2D eigenvalue weighted by molar-refractivity contribution is -0.142. The first-order chi connectivity index (χ1) is 12.0. The van der Waals surface area contributed by atoms with Crippen LogP contribution in [0.2, 0.25) is 5.02 Å². The molecular weight excluding hydrogens is 342 g/mol. The summed E-state index contributed by atoms with van der Waals surface area (Å²) in [6, 6.07) is 7.29. The summed E-state index contributed by atoms with van der Waals surface area (Å²) in [5.74, 6) is -1.21. The van der Waals surface area contributed by atoms with E-state index in [2.05, 4.69) is 10.4 Å². The van der Waals surface area contributed by atoms with Gasteiger partial charge in [0.1, 0.15) is 0 Å². The molecular formula is C18H20ClN3O3. The Morgan fingerprint density at radius 3 is 2.64 bits per heavy atom. The van der Waals surface area contributed by atoms with Crippen molar-refractivity contribution in [3.63, 3.8) is 0 Å². The zero-order valence-electron chi connectivity index (χ0n) is 13.9. The number of carbonyl (C=O) groups is 2. The summed E-state index contributed by atoms with van der Waals surface area (Å²) in [5.41, 5.74) is 2.05. The van der Waals surface area contributed by atoms with E-state index in [0.717, 1.165) is 11.4 Å². The normalized spacial score (nSPS) is 20.2. The van der Waals surface area contributed by atoms with Crippen LogP contribution >= 0.6 is 11.6 Å². The third-order valence-electron chi connectivity index (χ3n) is 4.72. The van der Waals surface area contributed by atoms with Gasteiger partial charge in [-0.15, -0.1) is 0 Å². The highest BCUT2D eigenvalue weighted by molar-refractivity contribution is 6.30. The first-order valence-electron chi connectivity index (χ1n) is 8.30. The van der Waals surface area contributed by atoms with Crippen molar-refractivity contribution in [2.75, 3.05) is 0 Å². The minimum atomic E-state index is -0.747. The highest BCUT2D eigenvalue weighted by atomic mass is 35.5. The predicted molar refractivity (Wildman–Crippen MR) is 94.2 cm³/mol. The fraction of sp³-hybridized carbons (Fsp3) is 0.389. The number of hydrogen-bond acceptors (Lipinski definition) is 3. The maximum absolute atomic E-state index is 12.6. The predicted octanol–water partition coefficient (Wildman–Crippen LogP) is 3.21. The molecule has 0 unspecified atom stereocenters. The minimum absolute atomic E-state index is 0.0111. The van der Waals surface area contributed by atoms with Crippen molar-refractivity contribution in [1.29, 1.82) is 0 Å². The average Bonchev–Trinajstić information content (AvgIpc) is 2.97. The van der Waals surface area contributed by atoms with Crippen molar-refractivity contribution in [3.05, 3.63) is 46.7 Å². The van der Waals surface area contributed by atoms with Gasteiger partial charge in [0.2, 0.25) is 0 Å². The average molecular weight is 362 g/mol. The van der Waals surface area contributed by atoms with E-state index in [1.807, 2.05) is 19.1 Å². The van der Waals surface area contributed by atoms with E-state index in [1.165, 1.54) is 0 Å². The molecule has 6 nitrogen and oxygen atoms in total. The molecule has 132 valence electrons. The molecule has 2 aromatic rings. The number of amides is 1. The van der Waals surface area contributed by atoms with Gasteiger partial charge in [-0.05, 0) is 50.8 Å². The van der Waals surface area contributed by atoms with Crippen LogP contribution in [0.5, 0.6) is 0 Å². The van der Waals surface area contributed by atoms with Gasteiger partial charge in [-0.25, -0.2) is 4.68 Å². The highest BCUT2D eigenvalue weighted by Crippen LogP contribution is 2.25. The quantitative estimate of drug-likeness (QED) is 0.875. The molecule has 0 bridgehead atoms. The number of nitrogens with zero attached hydrogens (tertiary/aromatic N) is 2. The molecule has 0 saturated heterocycles. The van der Waals surface area contributed by atoms with Gasteiger partial charge in [-0.2, -0.15) is 5.10 Å². The number of nitrogens with one attached hydrogen (secondary N) is 1. The molecule has 3 rings (SSSR count). The first-order valence-corrected chi connectivity index (χ1v) is 8.67. The van der Waals surface area contributed by atoms with E-state index in [0.29, 0.717) is 36.3 Å². The van der Waals surface area contributed by atoms with Crippen molar-refractivity contribution in [1.82, 2.24) is 15.1 Å². The number of halogens is 1. The number of aromatic nitrogens is 2. The van der Waals surface area contributed by atoms with Gasteiger partial charge >= 0.3 is 5.97 Å². The van der Waals surface area contributed by atoms with Gasteiger partial charge in [0.05, 0.1) is 29.1 Å². The van der Waals surface area contributed by atoms with Crippen LogP contribution in [0.1, 0.15) is 41.7 Å². The number of hydrogen-bond donors (Lipinski definition) is 2. The van der Waals surface area contributed by atoms with Gasteiger partial charge in [0, 0.05) is 11.1 Å². The smallest absolute Gasteiger partial charge is 0.306 e.